The minimum Gasteiger partial charge on any atom is -0.354 e. The molecule has 3 nitrogen and oxygen atoms in total. The van der Waals surface area contributed by atoms with E-state index in [1.54, 1.807) is 0 Å². The van der Waals surface area contributed by atoms with Gasteiger partial charge in [-0.05, 0) is 38.3 Å². The Morgan fingerprint density at radius 2 is 2.06 bits per heavy atom. The number of aromatic nitrogens is 2. The Balaban J connectivity index is 2.24. The van der Waals surface area contributed by atoms with Crippen molar-refractivity contribution in [3.8, 4) is 0 Å². The number of rotatable bonds is 3. The number of halogens is 1. The molecule has 1 aliphatic rings. The van der Waals surface area contributed by atoms with Crippen molar-refractivity contribution in [3.63, 3.8) is 0 Å². The van der Waals surface area contributed by atoms with Gasteiger partial charge in [0.05, 0.1) is 0 Å². The van der Waals surface area contributed by atoms with Crippen molar-refractivity contribution in [1.29, 1.82) is 0 Å². The first-order chi connectivity index (χ1) is 8.22. The Morgan fingerprint density at radius 1 is 1.35 bits per heavy atom. The molecule has 1 aromatic rings. The van der Waals surface area contributed by atoms with E-state index in [0.29, 0.717) is 11.3 Å². The first kappa shape index (κ1) is 12.6. The van der Waals surface area contributed by atoms with E-state index in [9.17, 15) is 0 Å². The zero-order valence-corrected chi connectivity index (χ0v) is 11.4. The summed E-state index contributed by atoms with van der Waals surface area (Å²) in [7, 11) is 0. The van der Waals surface area contributed by atoms with E-state index >= 15 is 0 Å². The standard InChI is InChI=1S/C13H20ClN3/c1-3-17(11-7-5-4-6-8-11)12-10(2)9-15-13(14)16-12/h9,11H,3-8H2,1-2H3. The Morgan fingerprint density at radius 3 is 2.71 bits per heavy atom. The van der Waals surface area contributed by atoms with Crippen molar-refractivity contribution in [3.05, 3.63) is 17.0 Å². The maximum absolute atomic E-state index is 5.91. The minimum atomic E-state index is 0.347. The molecule has 1 aromatic heterocycles. The highest BCUT2D eigenvalue weighted by molar-refractivity contribution is 6.28. The highest BCUT2D eigenvalue weighted by atomic mass is 35.5. The summed E-state index contributed by atoms with van der Waals surface area (Å²) >= 11 is 5.91. The minimum absolute atomic E-state index is 0.347. The number of aryl methyl sites for hydroxylation is 1. The van der Waals surface area contributed by atoms with Gasteiger partial charge in [0.1, 0.15) is 5.82 Å². The molecule has 0 amide bonds. The van der Waals surface area contributed by atoms with Crippen LogP contribution in [0.2, 0.25) is 5.28 Å². The lowest BCUT2D eigenvalue weighted by atomic mass is 9.94. The van der Waals surface area contributed by atoms with Crippen LogP contribution in [0.1, 0.15) is 44.6 Å². The largest absolute Gasteiger partial charge is 0.354 e. The molecule has 0 spiro atoms. The Labute approximate surface area is 108 Å². The molecule has 0 unspecified atom stereocenters. The van der Waals surface area contributed by atoms with Gasteiger partial charge in [-0.15, -0.1) is 0 Å². The third kappa shape index (κ3) is 2.89. The summed E-state index contributed by atoms with van der Waals surface area (Å²) in [6.07, 6.45) is 8.40. The Hall–Kier alpha value is -0.830. The SMILES string of the molecule is CCN(c1nc(Cl)ncc1C)C1CCCCC1. The molecule has 0 saturated heterocycles. The monoisotopic (exact) mass is 253 g/mol. The lowest BCUT2D eigenvalue weighted by Crippen LogP contribution is -2.37. The topological polar surface area (TPSA) is 29.0 Å². The van der Waals surface area contributed by atoms with Gasteiger partial charge in [0, 0.05) is 24.3 Å². The van der Waals surface area contributed by atoms with Crippen LogP contribution in [0, 0.1) is 6.92 Å². The molecule has 2 rings (SSSR count). The van der Waals surface area contributed by atoms with Crippen molar-refractivity contribution in [1.82, 2.24) is 9.97 Å². The average molecular weight is 254 g/mol. The first-order valence-electron chi connectivity index (χ1n) is 6.48. The molecule has 1 fully saturated rings. The smallest absolute Gasteiger partial charge is 0.224 e. The summed E-state index contributed by atoms with van der Waals surface area (Å²) in [5, 5.41) is 0.347. The Bertz CT molecular complexity index is 375. The predicted molar refractivity (Wildman–Crippen MR) is 71.7 cm³/mol. The number of anilines is 1. The number of hydrogen-bond donors (Lipinski definition) is 0. The van der Waals surface area contributed by atoms with Gasteiger partial charge in [-0.3, -0.25) is 0 Å². The second kappa shape index (κ2) is 5.67. The van der Waals surface area contributed by atoms with E-state index in [4.69, 9.17) is 11.6 Å². The van der Waals surface area contributed by atoms with E-state index in [2.05, 4.69) is 28.7 Å². The fraction of sp³-hybridized carbons (Fsp3) is 0.692. The van der Waals surface area contributed by atoms with Crippen LogP contribution in [0.5, 0.6) is 0 Å². The first-order valence-corrected chi connectivity index (χ1v) is 6.86. The third-order valence-corrected chi connectivity index (χ3v) is 3.73. The quantitative estimate of drug-likeness (QED) is 0.771. The predicted octanol–water partition coefficient (Wildman–Crippen LogP) is 3.60. The molecule has 0 N–H and O–H groups in total. The molecule has 1 saturated carbocycles. The maximum atomic E-state index is 5.91. The maximum Gasteiger partial charge on any atom is 0.224 e. The Kier molecular flexibility index (Phi) is 4.21. The summed E-state index contributed by atoms with van der Waals surface area (Å²) in [6.45, 7) is 5.22. The van der Waals surface area contributed by atoms with Gasteiger partial charge >= 0.3 is 0 Å². The van der Waals surface area contributed by atoms with Gasteiger partial charge in [-0.25, -0.2) is 9.97 Å². The van der Waals surface area contributed by atoms with E-state index in [1.165, 1.54) is 32.1 Å². The van der Waals surface area contributed by atoms with Gasteiger partial charge in [0.2, 0.25) is 5.28 Å². The zero-order valence-electron chi connectivity index (χ0n) is 10.6. The van der Waals surface area contributed by atoms with E-state index < -0.39 is 0 Å². The van der Waals surface area contributed by atoms with Crippen LogP contribution >= 0.6 is 11.6 Å². The molecule has 1 heterocycles. The highest BCUT2D eigenvalue weighted by Gasteiger charge is 2.22. The van der Waals surface area contributed by atoms with Crippen molar-refractivity contribution in [2.24, 2.45) is 0 Å². The average Bonchev–Trinajstić information content (AvgIpc) is 2.36. The van der Waals surface area contributed by atoms with Crippen LogP contribution in [-0.2, 0) is 0 Å². The molecule has 0 bridgehead atoms. The molecule has 17 heavy (non-hydrogen) atoms. The van der Waals surface area contributed by atoms with Gasteiger partial charge in [-0.2, -0.15) is 0 Å². The zero-order chi connectivity index (χ0) is 12.3. The van der Waals surface area contributed by atoms with Crippen molar-refractivity contribution < 1.29 is 0 Å². The van der Waals surface area contributed by atoms with E-state index in [-0.39, 0.29) is 0 Å². The van der Waals surface area contributed by atoms with Crippen LogP contribution < -0.4 is 4.90 Å². The van der Waals surface area contributed by atoms with Crippen molar-refractivity contribution in [2.75, 3.05) is 11.4 Å². The van der Waals surface area contributed by atoms with Gasteiger partial charge in [0.25, 0.3) is 0 Å². The molecule has 1 aliphatic carbocycles. The van der Waals surface area contributed by atoms with Gasteiger partial charge in [-0.1, -0.05) is 19.3 Å². The molecular weight excluding hydrogens is 234 g/mol. The van der Waals surface area contributed by atoms with Gasteiger partial charge in [0.15, 0.2) is 0 Å². The number of hydrogen-bond acceptors (Lipinski definition) is 3. The second-order valence-electron chi connectivity index (χ2n) is 4.72. The molecule has 0 atom stereocenters. The molecule has 0 aromatic carbocycles. The van der Waals surface area contributed by atoms with Crippen molar-refractivity contribution >= 4 is 17.4 Å². The van der Waals surface area contributed by atoms with E-state index in [0.717, 1.165) is 17.9 Å². The molecule has 0 aliphatic heterocycles. The van der Waals surface area contributed by atoms with Crippen LogP contribution in [0.4, 0.5) is 5.82 Å². The van der Waals surface area contributed by atoms with Crippen LogP contribution in [0.25, 0.3) is 0 Å². The third-order valence-electron chi connectivity index (χ3n) is 3.54. The summed E-state index contributed by atoms with van der Waals surface area (Å²) in [6, 6.07) is 0.624. The lowest BCUT2D eigenvalue weighted by Gasteiger charge is -2.35. The van der Waals surface area contributed by atoms with Crippen LogP contribution in [0.3, 0.4) is 0 Å². The summed E-state index contributed by atoms with van der Waals surface area (Å²) in [4.78, 5) is 10.8. The van der Waals surface area contributed by atoms with Crippen LogP contribution in [0.15, 0.2) is 6.20 Å². The lowest BCUT2D eigenvalue weighted by molar-refractivity contribution is 0.416. The highest BCUT2D eigenvalue weighted by Crippen LogP contribution is 2.28. The molecule has 4 heteroatoms. The fourth-order valence-corrected chi connectivity index (χ4v) is 2.81. The molecule has 0 radical (unpaired) electrons. The van der Waals surface area contributed by atoms with Gasteiger partial charge < -0.3 is 4.90 Å². The summed E-state index contributed by atoms with van der Waals surface area (Å²) in [5.41, 5.74) is 1.11. The van der Waals surface area contributed by atoms with Crippen molar-refractivity contribution in [2.45, 2.75) is 52.0 Å². The molecule has 94 valence electrons. The number of nitrogens with zero attached hydrogens (tertiary/aromatic N) is 3. The summed E-state index contributed by atoms with van der Waals surface area (Å²) < 4.78 is 0. The van der Waals surface area contributed by atoms with Crippen LogP contribution in [-0.4, -0.2) is 22.6 Å². The fourth-order valence-electron chi connectivity index (χ4n) is 2.68. The summed E-state index contributed by atoms with van der Waals surface area (Å²) in [5.74, 6) is 1.01. The second-order valence-corrected chi connectivity index (χ2v) is 5.06. The van der Waals surface area contributed by atoms with E-state index in [1.807, 2.05) is 6.20 Å². The molecular formula is C13H20ClN3. The normalized spacial score (nSPS) is 17.1.